The van der Waals surface area contributed by atoms with E-state index in [9.17, 15) is 4.79 Å². The second-order valence-electron chi connectivity index (χ2n) is 9.60. The molecule has 0 saturated carbocycles. The highest BCUT2D eigenvalue weighted by atomic mass is 16.5. The van der Waals surface area contributed by atoms with Crippen LogP contribution in [-0.4, -0.2) is 72.6 Å². The minimum Gasteiger partial charge on any atom is -0.493 e. The predicted molar refractivity (Wildman–Crippen MR) is 126 cm³/mol. The lowest BCUT2D eigenvalue weighted by molar-refractivity contribution is 0.0901. The Morgan fingerprint density at radius 3 is 2.52 bits per heavy atom. The van der Waals surface area contributed by atoms with E-state index in [2.05, 4.69) is 33.9 Å². The van der Waals surface area contributed by atoms with Gasteiger partial charge in [-0.2, -0.15) is 0 Å². The lowest BCUT2D eigenvalue weighted by Gasteiger charge is -2.34. The quantitative estimate of drug-likeness (QED) is 0.672. The van der Waals surface area contributed by atoms with Crippen LogP contribution in [0.15, 0.2) is 24.3 Å². The molecule has 0 radical (unpaired) electrons. The number of aromatic amines is 1. The van der Waals surface area contributed by atoms with Crippen LogP contribution in [0.5, 0.6) is 5.75 Å². The Kier molecular flexibility index (Phi) is 7.51. The van der Waals surface area contributed by atoms with Gasteiger partial charge in [-0.05, 0) is 62.9 Å². The third-order valence-corrected chi connectivity index (χ3v) is 6.54. The van der Waals surface area contributed by atoms with Gasteiger partial charge in [0.1, 0.15) is 11.4 Å². The molecule has 2 fully saturated rings. The van der Waals surface area contributed by atoms with Crippen LogP contribution in [0.1, 0.15) is 56.4 Å². The zero-order valence-electron chi connectivity index (χ0n) is 19.2. The number of carbonyl (C=O) groups is 1. The third-order valence-electron chi connectivity index (χ3n) is 6.54. The molecule has 0 bridgehead atoms. The van der Waals surface area contributed by atoms with E-state index in [0.29, 0.717) is 18.2 Å². The van der Waals surface area contributed by atoms with Crippen molar-refractivity contribution in [2.24, 2.45) is 5.92 Å². The standard InChI is InChI=1S/C25H38N4O2/c1-19(2)18-31-24-8-6-7-22-21(24)17-23(27-22)25(30)26-20-9-13-29(14-10-20)16-15-28-11-4-3-5-12-28/h6-8,17,19-20,27H,3-5,9-16,18H2,1-2H3,(H,26,30). The molecule has 3 heterocycles. The molecule has 1 amide bonds. The van der Waals surface area contributed by atoms with Crippen LogP contribution in [0.4, 0.5) is 0 Å². The van der Waals surface area contributed by atoms with Crippen molar-refractivity contribution >= 4 is 16.8 Å². The highest BCUT2D eigenvalue weighted by Crippen LogP contribution is 2.27. The molecule has 6 heteroatoms. The van der Waals surface area contributed by atoms with Gasteiger partial charge in [0.25, 0.3) is 5.91 Å². The molecule has 2 aliphatic heterocycles. The molecule has 0 unspecified atom stereocenters. The van der Waals surface area contributed by atoms with Gasteiger partial charge < -0.3 is 24.8 Å². The van der Waals surface area contributed by atoms with Crippen molar-refractivity contribution in [1.29, 1.82) is 0 Å². The number of carbonyl (C=O) groups excluding carboxylic acids is 1. The average molecular weight is 427 g/mol. The van der Waals surface area contributed by atoms with Crippen LogP contribution in [0.2, 0.25) is 0 Å². The summed E-state index contributed by atoms with van der Waals surface area (Å²) in [7, 11) is 0. The molecule has 4 rings (SSSR count). The van der Waals surface area contributed by atoms with Crippen molar-refractivity contribution < 1.29 is 9.53 Å². The van der Waals surface area contributed by atoms with E-state index in [1.807, 2.05) is 24.3 Å². The lowest BCUT2D eigenvalue weighted by atomic mass is 10.0. The van der Waals surface area contributed by atoms with Gasteiger partial charge in [0.05, 0.1) is 6.61 Å². The number of aromatic nitrogens is 1. The summed E-state index contributed by atoms with van der Waals surface area (Å²) in [6, 6.07) is 8.11. The number of nitrogens with zero attached hydrogens (tertiary/aromatic N) is 2. The Labute approximate surface area is 186 Å². The summed E-state index contributed by atoms with van der Waals surface area (Å²) in [6.45, 7) is 11.9. The number of benzene rings is 1. The molecule has 2 aromatic rings. The second-order valence-corrected chi connectivity index (χ2v) is 9.60. The van der Waals surface area contributed by atoms with Crippen molar-refractivity contribution in [3.8, 4) is 5.75 Å². The fourth-order valence-corrected chi connectivity index (χ4v) is 4.66. The molecular formula is C25H38N4O2. The zero-order valence-corrected chi connectivity index (χ0v) is 19.2. The maximum absolute atomic E-state index is 12.9. The summed E-state index contributed by atoms with van der Waals surface area (Å²) in [5.41, 5.74) is 1.56. The van der Waals surface area contributed by atoms with Gasteiger partial charge in [-0.25, -0.2) is 0 Å². The molecule has 31 heavy (non-hydrogen) atoms. The van der Waals surface area contributed by atoms with Gasteiger partial charge in [-0.15, -0.1) is 0 Å². The van der Waals surface area contributed by atoms with E-state index >= 15 is 0 Å². The van der Waals surface area contributed by atoms with Gasteiger partial charge in [-0.1, -0.05) is 26.3 Å². The summed E-state index contributed by atoms with van der Waals surface area (Å²) in [4.78, 5) is 21.3. The normalized spacial score (nSPS) is 19.2. The lowest BCUT2D eigenvalue weighted by Crippen LogP contribution is -2.46. The minimum atomic E-state index is -0.0159. The number of amides is 1. The topological polar surface area (TPSA) is 60.6 Å². The summed E-state index contributed by atoms with van der Waals surface area (Å²) in [6.07, 6.45) is 6.15. The molecule has 0 spiro atoms. The molecule has 2 aliphatic rings. The first kappa shape index (κ1) is 22.2. The molecule has 6 nitrogen and oxygen atoms in total. The largest absolute Gasteiger partial charge is 0.493 e. The maximum Gasteiger partial charge on any atom is 0.267 e. The first-order valence-corrected chi connectivity index (χ1v) is 12.1. The highest BCUT2D eigenvalue weighted by Gasteiger charge is 2.22. The van der Waals surface area contributed by atoms with Crippen molar-refractivity contribution in [3.05, 3.63) is 30.0 Å². The summed E-state index contributed by atoms with van der Waals surface area (Å²) < 4.78 is 5.94. The number of hydrogen-bond donors (Lipinski definition) is 2. The molecule has 2 N–H and O–H groups in total. The van der Waals surface area contributed by atoms with Crippen molar-refractivity contribution in [3.63, 3.8) is 0 Å². The number of hydrogen-bond acceptors (Lipinski definition) is 4. The number of likely N-dealkylation sites (tertiary alicyclic amines) is 2. The maximum atomic E-state index is 12.9. The van der Waals surface area contributed by atoms with Crippen LogP contribution in [-0.2, 0) is 0 Å². The Hall–Kier alpha value is -2.05. The molecule has 2 saturated heterocycles. The van der Waals surface area contributed by atoms with Gasteiger partial charge in [-0.3, -0.25) is 4.79 Å². The fraction of sp³-hybridized carbons (Fsp3) is 0.640. The Morgan fingerprint density at radius 1 is 1.10 bits per heavy atom. The van der Waals surface area contributed by atoms with E-state index in [1.54, 1.807) is 0 Å². The second kappa shape index (κ2) is 10.5. The molecule has 1 aromatic carbocycles. The van der Waals surface area contributed by atoms with Crippen LogP contribution >= 0.6 is 0 Å². The van der Waals surface area contributed by atoms with E-state index in [4.69, 9.17) is 4.74 Å². The fourth-order valence-electron chi connectivity index (χ4n) is 4.66. The van der Waals surface area contributed by atoms with Gasteiger partial charge >= 0.3 is 0 Å². The predicted octanol–water partition coefficient (Wildman–Crippen LogP) is 3.88. The Bertz CT molecular complexity index is 848. The van der Waals surface area contributed by atoms with Crippen LogP contribution in [0.25, 0.3) is 10.9 Å². The summed E-state index contributed by atoms with van der Waals surface area (Å²) >= 11 is 0. The van der Waals surface area contributed by atoms with Crippen molar-refractivity contribution in [2.75, 3.05) is 45.9 Å². The SMILES string of the molecule is CC(C)COc1cccc2[nH]c(C(=O)NC3CCN(CCN4CCCCC4)CC3)cc12. The van der Waals surface area contributed by atoms with E-state index < -0.39 is 0 Å². The number of piperidine rings is 2. The minimum absolute atomic E-state index is 0.0159. The third kappa shape index (κ3) is 6.01. The number of nitrogens with one attached hydrogen (secondary N) is 2. The Balaban J connectivity index is 1.27. The average Bonchev–Trinajstić information content (AvgIpc) is 3.23. The van der Waals surface area contributed by atoms with Gasteiger partial charge in [0, 0.05) is 43.1 Å². The van der Waals surface area contributed by atoms with E-state index in [0.717, 1.165) is 49.1 Å². The zero-order chi connectivity index (χ0) is 21.6. The molecule has 0 atom stereocenters. The summed E-state index contributed by atoms with van der Waals surface area (Å²) in [5.74, 6) is 1.28. The number of H-pyrrole nitrogens is 1. The van der Waals surface area contributed by atoms with Crippen LogP contribution < -0.4 is 10.1 Å². The highest BCUT2D eigenvalue weighted by molar-refractivity contribution is 5.99. The molecular weight excluding hydrogens is 388 g/mol. The summed E-state index contributed by atoms with van der Waals surface area (Å²) in [5, 5.41) is 4.22. The van der Waals surface area contributed by atoms with E-state index in [-0.39, 0.29) is 11.9 Å². The molecule has 0 aliphatic carbocycles. The number of rotatable bonds is 8. The Morgan fingerprint density at radius 2 is 1.81 bits per heavy atom. The first-order valence-electron chi connectivity index (χ1n) is 12.1. The van der Waals surface area contributed by atoms with Crippen LogP contribution in [0, 0.1) is 5.92 Å². The van der Waals surface area contributed by atoms with Crippen molar-refractivity contribution in [1.82, 2.24) is 20.1 Å². The van der Waals surface area contributed by atoms with Gasteiger partial charge in [0.15, 0.2) is 0 Å². The molecule has 1 aromatic heterocycles. The first-order chi connectivity index (χ1) is 15.1. The van der Waals surface area contributed by atoms with Gasteiger partial charge in [0.2, 0.25) is 0 Å². The van der Waals surface area contributed by atoms with E-state index in [1.165, 1.54) is 38.9 Å². The van der Waals surface area contributed by atoms with Crippen molar-refractivity contribution in [2.45, 2.75) is 52.0 Å². The monoisotopic (exact) mass is 426 g/mol. The molecule has 170 valence electrons. The number of ether oxygens (including phenoxy) is 1. The smallest absolute Gasteiger partial charge is 0.267 e. The van der Waals surface area contributed by atoms with Crippen LogP contribution in [0.3, 0.4) is 0 Å². The number of fused-ring (bicyclic) bond motifs is 1.